The number of halogens is 7. The number of hydrogen-bond donors (Lipinski definition) is 0. The van der Waals surface area contributed by atoms with Gasteiger partial charge in [0.15, 0.2) is 5.78 Å². The summed E-state index contributed by atoms with van der Waals surface area (Å²) >= 11 is 4.90. The van der Waals surface area contributed by atoms with Gasteiger partial charge in [-0.15, -0.1) is 11.6 Å². The van der Waals surface area contributed by atoms with E-state index in [4.69, 9.17) is 11.6 Å². The second-order valence-electron chi connectivity index (χ2n) is 3.81. The van der Waals surface area contributed by atoms with Crippen LogP contribution in [0.5, 0.6) is 0 Å². The van der Waals surface area contributed by atoms with Crippen molar-refractivity contribution in [2.45, 2.75) is 28.9 Å². The first-order valence-electron chi connectivity index (χ1n) is 5.02. The van der Waals surface area contributed by atoms with E-state index in [0.717, 1.165) is 13.0 Å². The Hall–Kier alpha value is -0.890. The van der Waals surface area contributed by atoms with Crippen LogP contribution in [-0.2, 0) is 11.0 Å². The van der Waals surface area contributed by atoms with E-state index >= 15 is 0 Å². The number of benzene rings is 1. The molecular weight excluding hydrogens is 330 g/mol. The molecule has 0 saturated heterocycles. The highest BCUT2D eigenvalue weighted by Gasteiger charge is 2.35. The molecule has 20 heavy (non-hydrogen) atoms. The van der Waals surface area contributed by atoms with Gasteiger partial charge in [0, 0.05) is 4.90 Å². The van der Waals surface area contributed by atoms with Crippen LogP contribution < -0.4 is 0 Å². The van der Waals surface area contributed by atoms with Crippen LogP contribution in [0.2, 0.25) is 0 Å². The largest absolute Gasteiger partial charge is 0.446 e. The fourth-order valence-electron chi connectivity index (χ4n) is 1.36. The molecule has 0 N–H and O–H groups in total. The normalized spacial score (nSPS) is 14.2. The highest BCUT2D eigenvalue weighted by molar-refractivity contribution is 8.00. The summed E-state index contributed by atoms with van der Waals surface area (Å²) in [6.07, 6.45) is -4.83. The molecule has 0 aliphatic heterocycles. The molecule has 1 unspecified atom stereocenters. The second-order valence-corrected chi connectivity index (χ2v) is 5.38. The van der Waals surface area contributed by atoms with Gasteiger partial charge in [0.2, 0.25) is 0 Å². The number of hydrogen-bond acceptors (Lipinski definition) is 2. The van der Waals surface area contributed by atoms with Crippen LogP contribution in [0.15, 0.2) is 23.1 Å². The van der Waals surface area contributed by atoms with Crippen molar-refractivity contribution in [2.24, 2.45) is 0 Å². The Morgan fingerprint density at radius 3 is 2.10 bits per heavy atom. The fourth-order valence-corrected chi connectivity index (χ4v) is 2.13. The number of thioether (sulfide) groups is 1. The summed E-state index contributed by atoms with van der Waals surface area (Å²) in [7, 11) is 0. The zero-order valence-electron chi connectivity index (χ0n) is 9.77. The third-order valence-corrected chi connectivity index (χ3v) is 3.40. The molecule has 112 valence electrons. The van der Waals surface area contributed by atoms with Gasteiger partial charge in [0.05, 0.1) is 5.56 Å². The topological polar surface area (TPSA) is 17.1 Å². The monoisotopic (exact) mass is 336 g/mol. The summed E-state index contributed by atoms with van der Waals surface area (Å²) in [6.45, 7) is 1.04. The molecule has 0 amide bonds. The number of carbonyl (C=O) groups is 1. The quantitative estimate of drug-likeness (QED) is 0.429. The average molecular weight is 337 g/mol. The third kappa shape index (κ3) is 4.90. The predicted octanol–water partition coefficient (Wildman–Crippen LogP) is 5.19. The van der Waals surface area contributed by atoms with E-state index in [1.165, 1.54) is 0 Å². The molecule has 1 aromatic carbocycles. The van der Waals surface area contributed by atoms with Crippen LogP contribution in [0.25, 0.3) is 0 Å². The van der Waals surface area contributed by atoms with Gasteiger partial charge in [-0.25, -0.2) is 0 Å². The van der Waals surface area contributed by atoms with Crippen LogP contribution in [0.4, 0.5) is 26.3 Å². The van der Waals surface area contributed by atoms with Crippen LogP contribution in [0.1, 0.15) is 23.4 Å². The molecule has 0 bridgehead atoms. The summed E-state index contributed by atoms with van der Waals surface area (Å²) < 4.78 is 74.6. The van der Waals surface area contributed by atoms with E-state index in [9.17, 15) is 31.1 Å². The van der Waals surface area contributed by atoms with Gasteiger partial charge in [0.25, 0.3) is 0 Å². The van der Waals surface area contributed by atoms with Gasteiger partial charge < -0.3 is 0 Å². The Morgan fingerprint density at radius 2 is 1.70 bits per heavy atom. The molecule has 1 atom stereocenters. The Kier molecular flexibility index (Phi) is 5.02. The Labute approximate surface area is 119 Å². The molecule has 1 aromatic rings. The first-order chi connectivity index (χ1) is 8.90. The Morgan fingerprint density at radius 1 is 1.15 bits per heavy atom. The molecule has 0 fully saturated rings. The van der Waals surface area contributed by atoms with Crippen molar-refractivity contribution in [1.29, 1.82) is 0 Å². The number of carbonyl (C=O) groups excluding carboxylic acids is 1. The van der Waals surface area contributed by atoms with Crippen LogP contribution in [0, 0.1) is 0 Å². The maximum atomic E-state index is 12.6. The smallest absolute Gasteiger partial charge is 0.298 e. The molecule has 1 nitrogen and oxygen atoms in total. The van der Waals surface area contributed by atoms with Gasteiger partial charge in [-0.3, -0.25) is 4.79 Å². The van der Waals surface area contributed by atoms with Gasteiger partial charge in [-0.05, 0) is 42.4 Å². The van der Waals surface area contributed by atoms with Crippen LogP contribution in [-0.4, -0.2) is 11.3 Å². The summed E-state index contributed by atoms with van der Waals surface area (Å²) in [5.74, 6) is -0.658. The highest BCUT2D eigenvalue weighted by atomic mass is 35.5. The van der Waals surface area contributed by atoms with Gasteiger partial charge in [0.1, 0.15) is 5.38 Å². The van der Waals surface area contributed by atoms with Crippen molar-refractivity contribution >= 4 is 29.1 Å². The van der Waals surface area contributed by atoms with Crippen molar-refractivity contribution in [3.05, 3.63) is 29.3 Å². The van der Waals surface area contributed by atoms with E-state index < -0.39 is 45.1 Å². The Bertz CT molecular complexity index is 511. The van der Waals surface area contributed by atoms with Crippen molar-refractivity contribution < 1.29 is 31.1 Å². The molecule has 0 heterocycles. The van der Waals surface area contributed by atoms with Gasteiger partial charge >= 0.3 is 11.7 Å². The van der Waals surface area contributed by atoms with E-state index in [-0.39, 0.29) is 5.56 Å². The van der Waals surface area contributed by atoms with Gasteiger partial charge in [-0.2, -0.15) is 26.3 Å². The SMILES string of the molecule is CC(=O)C(Cl)c1cc(SC(F)(F)F)cc(C(F)(F)F)c1. The third-order valence-electron chi connectivity index (χ3n) is 2.14. The molecule has 0 saturated carbocycles. The number of rotatable bonds is 3. The maximum absolute atomic E-state index is 12.6. The van der Waals surface area contributed by atoms with Crippen LogP contribution in [0.3, 0.4) is 0 Å². The van der Waals surface area contributed by atoms with Crippen molar-refractivity contribution in [1.82, 2.24) is 0 Å². The lowest BCUT2D eigenvalue weighted by molar-refractivity contribution is -0.137. The van der Waals surface area contributed by atoms with E-state index in [1.54, 1.807) is 0 Å². The fraction of sp³-hybridized carbons (Fsp3) is 0.364. The first kappa shape index (κ1) is 17.2. The zero-order chi connectivity index (χ0) is 15.7. The predicted molar refractivity (Wildman–Crippen MR) is 62.6 cm³/mol. The van der Waals surface area contributed by atoms with Crippen molar-refractivity contribution in [2.75, 3.05) is 0 Å². The highest BCUT2D eigenvalue weighted by Crippen LogP contribution is 2.41. The Balaban J connectivity index is 3.32. The second kappa shape index (κ2) is 5.85. The molecule has 0 aliphatic rings. The molecule has 0 radical (unpaired) electrons. The average Bonchev–Trinajstić information content (AvgIpc) is 2.23. The summed E-state index contributed by atoms with van der Waals surface area (Å²) in [5.41, 5.74) is -6.34. The number of alkyl halides is 7. The number of Topliss-reactive ketones (excluding diaryl/α,β-unsaturated/α-hetero) is 1. The zero-order valence-corrected chi connectivity index (χ0v) is 11.3. The minimum Gasteiger partial charge on any atom is -0.298 e. The van der Waals surface area contributed by atoms with Crippen molar-refractivity contribution in [3.63, 3.8) is 0 Å². The lowest BCUT2D eigenvalue weighted by atomic mass is 10.1. The van der Waals surface area contributed by atoms with Gasteiger partial charge in [-0.1, -0.05) is 0 Å². The minimum atomic E-state index is -4.83. The molecule has 0 aliphatic carbocycles. The molecule has 0 aromatic heterocycles. The van der Waals surface area contributed by atoms with E-state index in [2.05, 4.69) is 0 Å². The molecule has 0 spiro atoms. The number of ketones is 1. The van der Waals surface area contributed by atoms with Crippen molar-refractivity contribution in [3.8, 4) is 0 Å². The lowest BCUT2D eigenvalue weighted by Crippen LogP contribution is -2.09. The molecule has 9 heteroatoms. The first-order valence-corrected chi connectivity index (χ1v) is 6.28. The van der Waals surface area contributed by atoms with Crippen LogP contribution >= 0.6 is 23.4 Å². The summed E-state index contributed by atoms with van der Waals surface area (Å²) in [5, 5.41) is -1.43. The molecule has 1 rings (SSSR count). The van der Waals surface area contributed by atoms with E-state index in [1.807, 2.05) is 0 Å². The standard InChI is InChI=1S/C11H7ClF6OS/c1-5(19)9(12)6-2-7(10(13,14)15)4-8(3-6)20-11(16,17)18/h2-4,9H,1H3. The molecular formula is C11H7ClF6OS. The summed E-state index contributed by atoms with van der Waals surface area (Å²) in [4.78, 5) is 10.4. The maximum Gasteiger partial charge on any atom is 0.446 e. The van der Waals surface area contributed by atoms with E-state index in [0.29, 0.717) is 12.1 Å². The minimum absolute atomic E-state index is 0.319. The summed E-state index contributed by atoms with van der Waals surface area (Å²) in [6, 6.07) is 1.76. The lowest BCUT2D eigenvalue weighted by Gasteiger charge is -2.14.